The molecule has 0 saturated heterocycles. The minimum absolute atomic E-state index is 0.349. The van der Waals surface area contributed by atoms with E-state index in [2.05, 4.69) is 0 Å². The number of hydrogen-bond donors (Lipinski definition) is 0. The van der Waals surface area contributed by atoms with Crippen molar-refractivity contribution in [2.45, 2.75) is 13.8 Å². The summed E-state index contributed by atoms with van der Waals surface area (Å²) in [7, 11) is 3.03. The summed E-state index contributed by atoms with van der Waals surface area (Å²) in [6.07, 6.45) is 7.49. The second-order valence-electron chi connectivity index (χ2n) is 8.16. The topological polar surface area (TPSA) is 96.8 Å². The molecule has 8 nitrogen and oxygen atoms in total. The molecule has 0 fully saturated rings. The molecule has 0 aliphatic rings. The van der Waals surface area contributed by atoms with Crippen LogP contribution in [-0.4, -0.2) is 36.1 Å². The number of hydrogen-bond acceptors (Lipinski definition) is 8. The van der Waals surface area contributed by atoms with Gasteiger partial charge in [-0.25, -0.2) is 9.97 Å². The summed E-state index contributed by atoms with van der Waals surface area (Å²) in [6.45, 7) is 2.68. The zero-order chi connectivity index (χ0) is 27.1. The Kier molecular flexibility index (Phi) is 8.13. The van der Waals surface area contributed by atoms with Crippen molar-refractivity contribution in [1.29, 1.82) is 0 Å². The number of nitrogens with zero attached hydrogens (tertiary/aromatic N) is 2. The molecule has 0 N–H and O–H groups in total. The van der Waals surface area contributed by atoms with E-state index >= 15 is 0 Å². The maximum Gasteiger partial charge on any atom is 0.308 e. The zero-order valence-electron chi connectivity index (χ0n) is 21.4. The average molecular weight is 511 g/mol. The van der Waals surface area contributed by atoms with E-state index in [0.717, 1.165) is 22.2 Å². The normalized spacial score (nSPS) is 11.2. The molecule has 38 heavy (non-hydrogen) atoms. The molecule has 0 atom stereocenters. The molecule has 0 saturated carbocycles. The number of rotatable bonds is 8. The Morgan fingerprint density at radius 2 is 1.03 bits per heavy atom. The summed E-state index contributed by atoms with van der Waals surface area (Å²) in [6, 6.07) is 18.2. The van der Waals surface area contributed by atoms with E-state index in [0.29, 0.717) is 34.4 Å². The van der Waals surface area contributed by atoms with Crippen molar-refractivity contribution in [2.24, 2.45) is 0 Å². The number of aromatic nitrogens is 2. The smallest absolute Gasteiger partial charge is 0.308 e. The molecular formula is C30H26N2O6. The third kappa shape index (κ3) is 6.41. The molecule has 4 aromatic rings. The predicted octanol–water partition coefficient (Wildman–Crippen LogP) is 5.84. The third-order valence-electron chi connectivity index (χ3n) is 5.38. The summed E-state index contributed by atoms with van der Waals surface area (Å²) < 4.78 is 21.1. The van der Waals surface area contributed by atoms with Crippen LogP contribution in [0.5, 0.6) is 23.0 Å². The summed E-state index contributed by atoms with van der Waals surface area (Å²) in [5, 5.41) is 0. The summed E-state index contributed by atoms with van der Waals surface area (Å²) in [5.74, 6) is 0.737. The number of carbonyl (C=O) groups excluding carboxylic acids is 2. The van der Waals surface area contributed by atoms with Crippen LogP contribution in [0.3, 0.4) is 0 Å². The van der Waals surface area contributed by atoms with Gasteiger partial charge in [0, 0.05) is 13.8 Å². The predicted molar refractivity (Wildman–Crippen MR) is 146 cm³/mol. The van der Waals surface area contributed by atoms with Crippen LogP contribution in [0.15, 0.2) is 60.7 Å². The molecule has 0 amide bonds. The van der Waals surface area contributed by atoms with E-state index < -0.39 is 11.9 Å². The van der Waals surface area contributed by atoms with Crippen LogP contribution >= 0.6 is 0 Å². The lowest BCUT2D eigenvalue weighted by molar-refractivity contribution is -0.132. The molecule has 4 rings (SSSR count). The third-order valence-corrected chi connectivity index (χ3v) is 5.38. The van der Waals surface area contributed by atoms with Crippen molar-refractivity contribution in [3.8, 4) is 23.0 Å². The maximum atomic E-state index is 11.3. The van der Waals surface area contributed by atoms with Crippen molar-refractivity contribution in [2.75, 3.05) is 14.2 Å². The summed E-state index contributed by atoms with van der Waals surface area (Å²) >= 11 is 0. The molecule has 0 unspecified atom stereocenters. The van der Waals surface area contributed by atoms with E-state index in [4.69, 9.17) is 28.9 Å². The standard InChI is InChI=1S/C30H26N2O6/c1-19(33)37-27-15-11-21(17-29(27)35-3)9-13-25-26(32-24-8-6-5-7-23(24)31-25)14-10-22-12-16-28(38-20(2)34)30(18-22)36-4/h5-18H,1-4H3/b13-9+,14-10+. The van der Waals surface area contributed by atoms with Crippen molar-refractivity contribution in [3.05, 3.63) is 83.2 Å². The minimum atomic E-state index is -0.423. The Morgan fingerprint density at radius 1 is 0.605 bits per heavy atom. The van der Waals surface area contributed by atoms with Gasteiger partial charge in [-0.2, -0.15) is 0 Å². The minimum Gasteiger partial charge on any atom is -0.493 e. The SMILES string of the molecule is COc1cc(/C=C/c2nc3ccccc3nc2/C=C/c2ccc(OC(C)=O)c(OC)c2)ccc1OC(C)=O. The van der Waals surface area contributed by atoms with Crippen LogP contribution in [-0.2, 0) is 9.59 Å². The van der Waals surface area contributed by atoms with Crippen LogP contribution < -0.4 is 18.9 Å². The van der Waals surface area contributed by atoms with Gasteiger partial charge in [-0.05, 0) is 59.7 Å². The van der Waals surface area contributed by atoms with Gasteiger partial charge in [-0.15, -0.1) is 0 Å². The quantitative estimate of drug-likeness (QED) is 0.216. The number of benzene rings is 3. The van der Waals surface area contributed by atoms with Gasteiger partial charge in [0.15, 0.2) is 23.0 Å². The molecule has 192 valence electrons. The lowest BCUT2D eigenvalue weighted by Crippen LogP contribution is -2.03. The Labute approximate surface area is 220 Å². The highest BCUT2D eigenvalue weighted by atomic mass is 16.6. The van der Waals surface area contributed by atoms with Gasteiger partial charge in [-0.3, -0.25) is 9.59 Å². The number of para-hydroxylation sites is 2. The van der Waals surface area contributed by atoms with Gasteiger partial charge in [0.2, 0.25) is 0 Å². The van der Waals surface area contributed by atoms with E-state index in [1.807, 2.05) is 60.7 Å². The lowest BCUT2D eigenvalue weighted by Gasteiger charge is -2.09. The Hall–Kier alpha value is -4.98. The first-order chi connectivity index (χ1) is 18.4. The fraction of sp³-hybridized carbons (Fsp3) is 0.133. The number of fused-ring (bicyclic) bond motifs is 1. The van der Waals surface area contributed by atoms with Crippen LogP contribution in [0.25, 0.3) is 35.3 Å². The molecule has 0 spiro atoms. The fourth-order valence-corrected chi connectivity index (χ4v) is 3.68. The van der Waals surface area contributed by atoms with Crippen LogP contribution in [0.2, 0.25) is 0 Å². The monoisotopic (exact) mass is 510 g/mol. The number of esters is 2. The van der Waals surface area contributed by atoms with Crippen molar-refractivity contribution < 1.29 is 28.5 Å². The molecule has 0 aliphatic carbocycles. The van der Waals surface area contributed by atoms with Gasteiger partial charge in [0.25, 0.3) is 0 Å². The van der Waals surface area contributed by atoms with Crippen LogP contribution in [0.1, 0.15) is 36.4 Å². The zero-order valence-corrected chi connectivity index (χ0v) is 21.4. The van der Waals surface area contributed by atoms with E-state index in [-0.39, 0.29) is 0 Å². The van der Waals surface area contributed by atoms with Gasteiger partial charge >= 0.3 is 11.9 Å². The average Bonchev–Trinajstić information content (AvgIpc) is 2.91. The van der Waals surface area contributed by atoms with E-state index in [1.54, 1.807) is 24.3 Å². The highest BCUT2D eigenvalue weighted by Crippen LogP contribution is 2.30. The van der Waals surface area contributed by atoms with Crippen molar-refractivity contribution in [1.82, 2.24) is 9.97 Å². The summed E-state index contributed by atoms with van der Waals surface area (Å²) in [5.41, 5.74) is 4.50. The first-order valence-electron chi connectivity index (χ1n) is 11.7. The molecule has 3 aromatic carbocycles. The molecule has 0 aliphatic heterocycles. The Bertz CT molecular complexity index is 1440. The van der Waals surface area contributed by atoms with Crippen LogP contribution in [0, 0.1) is 0 Å². The highest BCUT2D eigenvalue weighted by Gasteiger charge is 2.10. The van der Waals surface area contributed by atoms with Gasteiger partial charge in [0.05, 0.1) is 36.6 Å². The highest BCUT2D eigenvalue weighted by molar-refractivity contribution is 5.83. The number of ether oxygens (including phenoxy) is 4. The lowest BCUT2D eigenvalue weighted by atomic mass is 10.1. The molecule has 8 heteroatoms. The van der Waals surface area contributed by atoms with Crippen molar-refractivity contribution >= 4 is 47.3 Å². The second kappa shape index (κ2) is 11.8. The van der Waals surface area contributed by atoms with Gasteiger partial charge in [-0.1, -0.05) is 36.4 Å². The van der Waals surface area contributed by atoms with Gasteiger partial charge in [0.1, 0.15) is 0 Å². The first kappa shape index (κ1) is 26.1. The van der Waals surface area contributed by atoms with Crippen molar-refractivity contribution in [3.63, 3.8) is 0 Å². The van der Waals surface area contributed by atoms with E-state index in [1.165, 1.54) is 28.1 Å². The van der Waals surface area contributed by atoms with Gasteiger partial charge < -0.3 is 18.9 Å². The molecule has 0 bridgehead atoms. The first-order valence-corrected chi connectivity index (χ1v) is 11.7. The molecule has 1 aromatic heterocycles. The molecule has 0 radical (unpaired) electrons. The van der Waals surface area contributed by atoms with E-state index in [9.17, 15) is 9.59 Å². The largest absolute Gasteiger partial charge is 0.493 e. The summed E-state index contributed by atoms with van der Waals surface area (Å²) in [4.78, 5) is 32.3. The van der Waals surface area contributed by atoms with Crippen LogP contribution in [0.4, 0.5) is 0 Å². The maximum absolute atomic E-state index is 11.3. The number of carbonyl (C=O) groups is 2. The second-order valence-corrected chi connectivity index (χ2v) is 8.16. The number of methoxy groups -OCH3 is 2. The fourth-order valence-electron chi connectivity index (χ4n) is 3.68. The Balaban J connectivity index is 1.69. The molecular weight excluding hydrogens is 484 g/mol. The Morgan fingerprint density at radius 3 is 1.39 bits per heavy atom. The molecule has 1 heterocycles.